The quantitative estimate of drug-likeness (QED) is 0.233. The molecule has 0 radical (unpaired) electrons. The third-order valence-electron chi connectivity index (χ3n) is 4.81. The maximum Gasteiger partial charge on any atom is 0.407 e. The van der Waals surface area contributed by atoms with E-state index in [0.717, 1.165) is 23.1 Å². The van der Waals surface area contributed by atoms with E-state index in [2.05, 4.69) is 5.32 Å². The molecule has 0 bridgehead atoms. The molecule has 206 valence electrons. The van der Waals surface area contributed by atoms with Crippen LogP contribution in [0.5, 0.6) is 0 Å². The second-order valence-corrected chi connectivity index (χ2v) is 12.6. The number of aryl methyl sites for hydroxylation is 1. The van der Waals surface area contributed by atoms with E-state index in [-0.39, 0.29) is 25.5 Å². The van der Waals surface area contributed by atoms with Crippen LogP contribution in [0.1, 0.15) is 65.0 Å². The van der Waals surface area contributed by atoms with Gasteiger partial charge < -0.3 is 19.7 Å². The number of rotatable bonds is 12. The summed E-state index contributed by atoms with van der Waals surface area (Å²) in [5, 5.41) is 2.77. The number of alkyl halides is 1. The second kappa shape index (κ2) is 13.5. The van der Waals surface area contributed by atoms with Gasteiger partial charge in [-0.2, -0.15) is 8.42 Å². The van der Waals surface area contributed by atoms with Gasteiger partial charge in [0.1, 0.15) is 11.2 Å². The molecule has 0 aliphatic carbocycles. The number of benzene rings is 1. The van der Waals surface area contributed by atoms with Gasteiger partial charge in [-0.3, -0.25) is 8.98 Å². The van der Waals surface area contributed by atoms with E-state index in [1.54, 1.807) is 41.5 Å². The van der Waals surface area contributed by atoms with Crippen molar-refractivity contribution in [3.8, 4) is 0 Å². The van der Waals surface area contributed by atoms with Crippen LogP contribution >= 0.6 is 11.6 Å². The Kier molecular flexibility index (Phi) is 12.0. The second-order valence-electron chi connectivity index (χ2n) is 10.6. The summed E-state index contributed by atoms with van der Waals surface area (Å²) < 4.78 is 38.5. The fraction of sp³-hybridized carbons (Fsp3) is 0.680. The Hall–Kier alpha value is -2.04. The Balaban J connectivity index is 3.23. The van der Waals surface area contributed by atoms with E-state index in [0.29, 0.717) is 19.0 Å². The molecule has 0 aliphatic heterocycles. The summed E-state index contributed by atoms with van der Waals surface area (Å²) in [6.45, 7) is 13.5. The lowest BCUT2D eigenvalue weighted by atomic mass is 9.91. The molecule has 1 aromatic rings. The number of amides is 1. The predicted molar refractivity (Wildman–Crippen MR) is 142 cm³/mol. The first-order valence-corrected chi connectivity index (χ1v) is 14.2. The molecule has 1 rings (SSSR count). The first-order chi connectivity index (χ1) is 16.4. The third kappa shape index (κ3) is 13.3. The van der Waals surface area contributed by atoms with Crippen molar-refractivity contribution in [2.45, 2.75) is 72.0 Å². The van der Waals surface area contributed by atoms with E-state index in [1.807, 2.05) is 30.0 Å². The monoisotopic (exact) mass is 548 g/mol. The molecule has 1 amide bonds. The van der Waals surface area contributed by atoms with E-state index in [4.69, 9.17) is 25.3 Å². The van der Waals surface area contributed by atoms with Crippen LogP contribution < -0.4 is 10.2 Å². The molecule has 1 aromatic carbocycles. The van der Waals surface area contributed by atoms with Crippen LogP contribution in [0, 0.1) is 6.92 Å². The third-order valence-corrected chi connectivity index (χ3v) is 5.57. The van der Waals surface area contributed by atoms with Crippen LogP contribution in [-0.2, 0) is 28.6 Å². The van der Waals surface area contributed by atoms with Gasteiger partial charge in [0, 0.05) is 37.1 Å². The largest absolute Gasteiger partial charge is 0.460 e. The normalized spacial score (nSPS) is 13.1. The van der Waals surface area contributed by atoms with E-state index in [1.165, 1.54) is 0 Å². The van der Waals surface area contributed by atoms with Gasteiger partial charge in [0.2, 0.25) is 0 Å². The van der Waals surface area contributed by atoms with E-state index in [9.17, 15) is 18.0 Å². The lowest BCUT2D eigenvalue weighted by Crippen LogP contribution is -2.36. The highest BCUT2D eigenvalue weighted by Gasteiger charge is 2.25. The number of nitrogens with zero attached hydrogens (tertiary/aromatic N) is 1. The van der Waals surface area contributed by atoms with E-state index < -0.39 is 33.3 Å². The summed E-state index contributed by atoms with van der Waals surface area (Å²) in [4.78, 5) is 26.9. The van der Waals surface area contributed by atoms with Crippen molar-refractivity contribution in [1.82, 2.24) is 5.32 Å². The number of hydrogen-bond donors (Lipinski definition) is 1. The fourth-order valence-corrected chi connectivity index (χ4v) is 4.01. The molecule has 1 atom stereocenters. The molecular weight excluding hydrogens is 508 g/mol. The van der Waals surface area contributed by atoms with Crippen molar-refractivity contribution in [3.05, 3.63) is 29.3 Å². The Bertz CT molecular complexity index is 985. The summed E-state index contributed by atoms with van der Waals surface area (Å²) in [5.74, 6) is -0.455. The summed E-state index contributed by atoms with van der Waals surface area (Å²) in [5.41, 5.74) is 1.26. The minimum atomic E-state index is -3.57. The maximum atomic E-state index is 12.7. The molecule has 0 spiro atoms. The van der Waals surface area contributed by atoms with Gasteiger partial charge in [0.25, 0.3) is 10.1 Å². The summed E-state index contributed by atoms with van der Waals surface area (Å²) in [7, 11) is -3.57. The minimum Gasteiger partial charge on any atom is -0.460 e. The number of carbonyl (C=O) groups excluding carboxylic acids is 2. The molecule has 0 heterocycles. The van der Waals surface area contributed by atoms with Gasteiger partial charge in [-0.1, -0.05) is 6.07 Å². The average Bonchev–Trinajstić information content (AvgIpc) is 2.67. The number of anilines is 1. The van der Waals surface area contributed by atoms with E-state index >= 15 is 0 Å². The van der Waals surface area contributed by atoms with Gasteiger partial charge in [-0.05, 0) is 71.7 Å². The minimum absolute atomic E-state index is 0.0273. The lowest BCUT2D eigenvalue weighted by Gasteiger charge is -2.27. The maximum absolute atomic E-state index is 12.7. The molecular formula is C25H41ClN2O7S. The molecule has 1 N–H and O–H groups in total. The molecule has 9 nitrogen and oxygen atoms in total. The highest BCUT2D eigenvalue weighted by atomic mass is 35.5. The van der Waals surface area contributed by atoms with Crippen molar-refractivity contribution < 1.29 is 31.7 Å². The number of alkyl carbamates (subject to hydrolysis) is 1. The van der Waals surface area contributed by atoms with Crippen molar-refractivity contribution in [3.63, 3.8) is 0 Å². The molecule has 0 saturated heterocycles. The van der Waals surface area contributed by atoms with Crippen LogP contribution in [0.2, 0.25) is 0 Å². The van der Waals surface area contributed by atoms with Crippen molar-refractivity contribution >= 4 is 39.5 Å². The zero-order valence-corrected chi connectivity index (χ0v) is 24.2. The van der Waals surface area contributed by atoms with Crippen LogP contribution in [0.3, 0.4) is 0 Å². The van der Waals surface area contributed by atoms with Crippen molar-refractivity contribution in [2.24, 2.45) is 0 Å². The molecule has 36 heavy (non-hydrogen) atoms. The fourth-order valence-electron chi connectivity index (χ4n) is 3.43. The first-order valence-electron chi connectivity index (χ1n) is 11.8. The van der Waals surface area contributed by atoms with Crippen LogP contribution in [0.25, 0.3) is 0 Å². The Morgan fingerprint density at radius 3 is 2.19 bits per heavy atom. The molecule has 0 fully saturated rings. The summed E-state index contributed by atoms with van der Waals surface area (Å²) in [6, 6.07) is 5.74. The first kappa shape index (κ1) is 32.0. The highest BCUT2D eigenvalue weighted by Crippen LogP contribution is 2.29. The molecule has 11 heteroatoms. The molecule has 0 aliphatic rings. The smallest absolute Gasteiger partial charge is 0.407 e. The summed E-state index contributed by atoms with van der Waals surface area (Å²) >= 11 is 5.99. The topological polar surface area (TPSA) is 111 Å². The van der Waals surface area contributed by atoms with Gasteiger partial charge in [0.15, 0.2) is 0 Å². The highest BCUT2D eigenvalue weighted by molar-refractivity contribution is 7.85. The van der Waals surface area contributed by atoms with Gasteiger partial charge >= 0.3 is 12.1 Å². The molecule has 1 unspecified atom stereocenters. The average molecular weight is 549 g/mol. The SMILES string of the molecule is Cc1ccc(N(CCCl)CCOS(C)(=O)=O)cc1C(CNC(=O)OC(C)(C)C)CC(=O)OC(C)(C)C. The number of ether oxygens (including phenoxy) is 2. The van der Waals surface area contributed by atoms with Gasteiger partial charge in [0.05, 0.1) is 19.3 Å². The zero-order chi connectivity index (χ0) is 27.7. The zero-order valence-electron chi connectivity index (χ0n) is 22.6. The number of carbonyl (C=O) groups is 2. The van der Waals surface area contributed by atoms with Gasteiger partial charge in [-0.25, -0.2) is 4.79 Å². The number of esters is 1. The van der Waals surface area contributed by atoms with Crippen LogP contribution in [-0.4, -0.2) is 70.1 Å². The Labute approximate surface area is 220 Å². The van der Waals surface area contributed by atoms with Gasteiger partial charge in [-0.15, -0.1) is 11.6 Å². The molecule has 0 saturated carbocycles. The number of hydrogen-bond acceptors (Lipinski definition) is 8. The number of halogens is 1. The predicted octanol–water partition coefficient (Wildman–Crippen LogP) is 4.36. The van der Waals surface area contributed by atoms with Crippen molar-refractivity contribution in [2.75, 3.05) is 43.3 Å². The number of nitrogens with one attached hydrogen (secondary N) is 1. The van der Waals surface area contributed by atoms with Crippen LogP contribution in [0.15, 0.2) is 18.2 Å². The Morgan fingerprint density at radius 1 is 1.06 bits per heavy atom. The lowest BCUT2D eigenvalue weighted by molar-refractivity contribution is -0.155. The Morgan fingerprint density at radius 2 is 1.67 bits per heavy atom. The standard InChI is InChI=1S/C25H41ClN2O7S/c1-18-9-10-20(28(12-11-26)13-14-33-36(8,31)32)16-21(18)19(15-22(29)34-24(2,3)4)17-27-23(30)35-25(5,6)7/h9-10,16,19H,11-15,17H2,1-8H3,(H,27,30). The molecule has 0 aromatic heterocycles. The summed E-state index contributed by atoms with van der Waals surface area (Å²) in [6.07, 6.45) is 0.471. The van der Waals surface area contributed by atoms with Crippen LogP contribution in [0.4, 0.5) is 10.5 Å². The van der Waals surface area contributed by atoms with Crippen molar-refractivity contribution in [1.29, 1.82) is 0 Å².